The van der Waals surface area contributed by atoms with E-state index in [1.807, 2.05) is 44.7 Å². The van der Waals surface area contributed by atoms with Gasteiger partial charge in [-0.15, -0.1) is 0 Å². The van der Waals surface area contributed by atoms with Crippen LogP contribution >= 0.6 is 0 Å². The average Bonchev–Trinajstić information content (AvgIpc) is 2.59. The number of sulfonamides is 1. The van der Waals surface area contributed by atoms with Crippen LogP contribution in [0.15, 0.2) is 47.4 Å². The molecule has 0 fully saturated rings. The highest BCUT2D eigenvalue weighted by Gasteiger charge is 2.31. The van der Waals surface area contributed by atoms with Crippen LogP contribution in [0.5, 0.6) is 0 Å². The number of carbonyl (C=O) groups excluding carboxylic acids is 1. The predicted octanol–water partition coefficient (Wildman–Crippen LogP) is 4.12. The Morgan fingerprint density at radius 3 is 2.37 bits per heavy atom. The molecule has 0 saturated heterocycles. The van der Waals surface area contributed by atoms with Crippen molar-refractivity contribution in [2.75, 3.05) is 16.2 Å². The van der Waals surface area contributed by atoms with E-state index < -0.39 is 15.4 Å². The topological polar surface area (TPSA) is 66.5 Å². The zero-order valence-electron chi connectivity index (χ0n) is 16.2. The molecule has 0 spiro atoms. The molecule has 0 saturated carbocycles. The predicted molar refractivity (Wildman–Crippen MR) is 109 cm³/mol. The van der Waals surface area contributed by atoms with E-state index in [2.05, 4.69) is 4.72 Å². The fraction of sp³-hybridized carbons (Fsp3) is 0.381. The van der Waals surface area contributed by atoms with Crippen LogP contribution in [-0.4, -0.2) is 20.9 Å². The van der Waals surface area contributed by atoms with E-state index in [1.165, 1.54) is 0 Å². The van der Waals surface area contributed by atoms with E-state index in [0.717, 1.165) is 29.7 Å². The number of aryl methyl sites for hydroxylation is 2. The first-order chi connectivity index (χ1) is 12.6. The third kappa shape index (κ3) is 4.16. The van der Waals surface area contributed by atoms with E-state index in [0.29, 0.717) is 12.2 Å². The molecular formula is C21H26N2O3S. The summed E-state index contributed by atoms with van der Waals surface area (Å²) in [6, 6.07) is 12.1. The summed E-state index contributed by atoms with van der Waals surface area (Å²) in [5.41, 5.74) is 2.92. The van der Waals surface area contributed by atoms with E-state index >= 15 is 0 Å². The second-order valence-electron chi connectivity index (χ2n) is 8.07. The van der Waals surface area contributed by atoms with Crippen molar-refractivity contribution in [3.05, 3.63) is 53.6 Å². The zero-order chi connectivity index (χ0) is 19.8. The van der Waals surface area contributed by atoms with Gasteiger partial charge in [0.05, 0.1) is 4.90 Å². The van der Waals surface area contributed by atoms with Crippen LogP contribution in [0.4, 0.5) is 11.4 Å². The fourth-order valence-electron chi connectivity index (χ4n) is 3.21. The molecule has 144 valence electrons. The highest BCUT2D eigenvalue weighted by molar-refractivity contribution is 7.92. The van der Waals surface area contributed by atoms with Crippen molar-refractivity contribution < 1.29 is 13.2 Å². The number of hydrogen-bond acceptors (Lipinski definition) is 3. The minimum Gasteiger partial charge on any atom is -0.312 e. The van der Waals surface area contributed by atoms with Gasteiger partial charge < -0.3 is 4.90 Å². The minimum atomic E-state index is -3.64. The van der Waals surface area contributed by atoms with E-state index in [-0.39, 0.29) is 10.8 Å². The Labute approximate surface area is 161 Å². The molecule has 0 atom stereocenters. The molecule has 1 aliphatic heterocycles. The normalized spacial score (nSPS) is 14.6. The molecule has 2 aromatic rings. The average molecular weight is 387 g/mol. The standard InChI is InChI=1S/C21H26N2O3S/c1-15-7-10-18(11-8-15)27(25,26)22-17-9-12-19-16(14-17)6-5-13-23(19)20(24)21(2,3)4/h7-12,14,22H,5-6,13H2,1-4H3. The van der Waals surface area contributed by atoms with Crippen LogP contribution in [0.1, 0.15) is 38.3 Å². The van der Waals surface area contributed by atoms with E-state index in [9.17, 15) is 13.2 Å². The highest BCUT2D eigenvalue weighted by atomic mass is 32.2. The van der Waals surface area contributed by atoms with E-state index in [1.54, 1.807) is 30.3 Å². The van der Waals surface area contributed by atoms with Crippen LogP contribution < -0.4 is 9.62 Å². The summed E-state index contributed by atoms with van der Waals surface area (Å²) in [6.45, 7) is 8.34. The number of amides is 1. The minimum absolute atomic E-state index is 0.0800. The van der Waals surface area contributed by atoms with Gasteiger partial charge in [0, 0.05) is 23.3 Å². The monoisotopic (exact) mass is 386 g/mol. The van der Waals surface area contributed by atoms with Crippen molar-refractivity contribution in [1.82, 2.24) is 0 Å². The van der Waals surface area contributed by atoms with Crippen molar-refractivity contribution in [3.8, 4) is 0 Å². The molecule has 2 aromatic carbocycles. The Balaban J connectivity index is 1.88. The van der Waals surface area contributed by atoms with Gasteiger partial charge in [0.2, 0.25) is 5.91 Å². The Morgan fingerprint density at radius 1 is 1.07 bits per heavy atom. The van der Waals surface area contributed by atoms with Crippen LogP contribution in [0.25, 0.3) is 0 Å². The Bertz CT molecular complexity index is 958. The van der Waals surface area contributed by atoms with Crippen molar-refractivity contribution >= 4 is 27.3 Å². The van der Waals surface area contributed by atoms with Crippen LogP contribution in [0, 0.1) is 12.3 Å². The SMILES string of the molecule is Cc1ccc(S(=O)(=O)Nc2ccc3c(c2)CCCN3C(=O)C(C)(C)C)cc1. The Kier molecular flexibility index (Phi) is 5.04. The third-order valence-corrected chi connectivity index (χ3v) is 6.07. The van der Waals surface area contributed by atoms with Crippen LogP contribution in [-0.2, 0) is 21.2 Å². The van der Waals surface area contributed by atoms with Gasteiger partial charge in [0.25, 0.3) is 10.0 Å². The molecular weight excluding hydrogens is 360 g/mol. The second-order valence-corrected chi connectivity index (χ2v) is 9.75. The van der Waals surface area contributed by atoms with Crippen molar-refractivity contribution in [2.45, 2.75) is 45.4 Å². The third-order valence-electron chi connectivity index (χ3n) is 4.67. The number of carbonyl (C=O) groups is 1. The van der Waals surface area contributed by atoms with Gasteiger partial charge >= 0.3 is 0 Å². The Hall–Kier alpha value is -2.34. The Morgan fingerprint density at radius 2 is 1.74 bits per heavy atom. The van der Waals surface area contributed by atoms with Gasteiger partial charge in [-0.1, -0.05) is 38.5 Å². The van der Waals surface area contributed by atoms with Gasteiger partial charge in [-0.3, -0.25) is 9.52 Å². The van der Waals surface area contributed by atoms with Crippen molar-refractivity contribution in [2.24, 2.45) is 5.41 Å². The summed E-state index contributed by atoms with van der Waals surface area (Å²) in [5, 5.41) is 0. The molecule has 0 bridgehead atoms. The second kappa shape index (κ2) is 7.00. The number of benzene rings is 2. The maximum Gasteiger partial charge on any atom is 0.261 e. The first-order valence-electron chi connectivity index (χ1n) is 9.12. The molecule has 27 heavy (non-hydrogen) atoms. The number of nitrogens with zero attached hydrogens (tertiary/aromatic N) is 1. The molecule has 1 aliphatic rings. The summed E-state index contributed by atoms with van der Waals surface area (Å²) in [7, 11) is -3.64. The maximum absolute atomic E-state index is 12.7. The molecule has 1 amide bonds. The summed E-state index contributed by atoms with van der Waals surface area (Å²) in [5.74, 6) is 0.0800. The zero-order valence-corrected chi connectivity index (χ0v) is 17.1. The first-order valence-corrected chi connectivity index (χ1v) is 10.6. The molecule has 0 aromatic heterocycles. The van der Waals surface area contributed by atoms with E-state index in [4.69, 9.17) is 0 Å². The van der Waals surface area contributed by atoms with Gasteiger partial charge in [0.1, 0.15) is 0 Å². The van der Waals surface area contributed by atoms with Crippen molar-refractivity contribution in [1.29, 1.82) is 0 Å². The summed E-state index contributed by atoms with van der Waals surface area (Å²) in [4.78, 5) is 14.8. The smallest absolute Gasteiger partial charge is 0.261 e. The molecule has 3 rings (SSSR count). The number of fused-ring (bicyclic) bond motifs is 1. The molecule has 5 nitrogen and oxygen atoms in total. The summed E-state index contributed by atoms with van der Waals surface area (Å²) >= 11 is 0. The van der Waals surface area contributed by atoms with Gasteiger partial charge in [-0.25, -0.2) is 8.42 Å². The van der Waals surface area contributed by atoms with Crippen LogP contribution in [0.2, 0.25) is 0 Å². The lowest BCUT2D eigenvalue weighted by Gasteiger charge is -2.34. The summed E-state index contributed by atoms with van der Waals surface area (Å²) < 4.78 is 27.9. The van der Waals surface area contributed by atoms with Gasteiger partial charge in [0.15, 0.2) is 0 Å². The quantitative estimate of drug-likeness (QED) is 0.863. The molecule has 0 radical (unpaired) electrons. The number of nitrogens with one attached hydrogen (secondary N) is 1. The number of hydrogen-bond donors (Lipinski definition) is 1. The van der Waals surface area contributed by atoms with Crippen molar-refractivity contribution in [3.63, 3.8) is 0 Å². The summed E-state index contributed by atoms with van der Waals surface area (Å²) in [6.07, 6.45) is 1.69. The molecule has 0 unspecified atom stereocenters. The van der Waals surface area contributed by atoms with Gasteiger partial charge in [-0.2, -0.15) is 0 Å². The molecule has 1 heterocycles. The van der Waals surface area contributed by atoms with Crippen LogP contribution in [0.3, 0.4) is 0 Å². The number of rotatable bonds is 3. The lowest BCUT2D eigenvalue weighted by atomic mass is 9.92. The van der Waals surface area contributed by atoms with Gasteiger partial charge in [-0.05, 0) is 55.7 Å². The highest BCUT2D eigenvalue weighted by Crippen LogP contribution is 2.33. The fourth-order valence-corrected chi connectivity index (χ4v) is 4.26. The number of anilines is 2. The molecule has 1 N–H and O–H groups in total. The lowest BCUT2D eigenvalue weighted by Crippen LogP contribution is -2.42. The molecule has 0 aliphatic carbocycles. The first kappa shape index (κ1) is 19.4. The lowest BCUT2D eigenvalue weighted by molar-refractivity contribution is -0.125. The maximum atomic E-state index is 12.7. The molecule has 6 heteroatoms. The largest absolute Gasteiger partial charge is 0.312 e.